The maximum absolute atomic E-state index is 12.6. The molecule has 0 saturated heterocycles. The van der Waals surface area contributed by atoms with Gasteiger partial charge in [0.2, 0.25) is 0 Å². The molecule has 0 radical (unpaired) electrons. The number of carbonyl (C=O) groups excluding carboxylic acids is 1. The van der Waals surface area contributed by atoms with Gasteiger partial charge in [0, 0.05) is 11.1 Å². The first-order valence-corrected chi connectivity index (χ1v) is 6.84. The highest BCUT2D eigenvalue weighted by molar-refractivity contribution is 5.94. The van der Waals surface area contributed by atoms with Gasteiger partial charge in [-0.05, 0) is 19.1 Å². The molecular formula is C16H14F3N3O2. The number of allylic oxidation sites excluding steroid dienone is 1. The molecule has 0 atom stereocenters. The highest BCUT2D eigenvalue weighted by atomic mass is 19.4. The fourth-order valence-electron chi connectivity index (χ4n) is 2.01. The number of nitrogens with two attached hydrogens (primary N) is 1. The summed E-state index contributed by atoms with van der Waals surface area (Å²) in [5, 5.41) is 0. The molecule has 8 heteroatoms. The summed E-state index contributed by atoms with van der Waals surface area (Å²) in [7, 11) is 1.19. The number of hydrogen-bond donors (Lipinski definition) is 1. The van der Waals surface area contributed by atoms with Crippen LogP contribution in [0.15, 0.2) is 30.3 Å². The molecule has 0 bridgehead atoms. The summed E-state index contributed by atoms with van der Waals surface area (Å²) in [5.41, 5.74) is 5.59. The van der Waals surface area contributed by atoms with Gasteiger partial charge in [-0.2, -0.15) is 13.2 Å². The maximum atomic E-state index is 12.6. The highest BCUT2D eigenvalue weighted by Gasteiger charge is 2.30. The van der Waals surface area contributed by atoms with Crippen molar-refractivity contribution in [3.8, 4) is 11.4 Å². The van der Waals surface area contributed by atoms with E-state index in [0.717, 1.165) is 12.1 Å². The lowest BCUT2D eigenvalue weighted by Gasteiger charge is -2.10. The quantitative estimate of drug-likeness (QED) is 0.867. The van der Waals surface area contributed by atoms with Crippen molar-refractivity contribution in [3.63, 3.8) is 0 Å². The van der Waals surface area contributed by atoms with Gasteiger partial charge in [0.15, 0.2) is 11.5 Å². The van der Waals surface area contributed by atoms with Gasteiger partial charge in [0.1, 0.15) is 5.82 Å². The summed E-state index contributed by atoms with van der Waals surface area (Å²) >= 11 is 0. The van der Waals surface area contributed by atoms with Crippen LogP contribution in [-0.2, 0) is 10.9 Å². The van der Waals surface area contributed by atoms with Crippen molar-refractivity contribution in [1.29, 1.82) is 0 Å². The molecule has 0 amide bonds. The summed E-state index contributed by atoms with van der Waals surface area (Å²) in [6.07, 6.45) is -1.23. The van der Waals surface area contributed by atoms with E-state index in [4.69, 9.17) is 5.73 Å². The Labute approximate surface area is 136 Å². The number of hydrogen-bond acceptors (Lipinski definition) is 5. The first kappa shape index (κ1) is 17.5. The fourth-order valence-corrected chi connectivity index (χ4v) is 2.01. The third-order valence-corrected chi connectivity index (χ3v) is 3.16. The molecule has 0 saturated carbocycles. The van der Waals surface area contributed by atoms with Crippen molar-refractivity contribution in [1.82, 2.24) is 9.97 Å². The normalized spacial score (nSPS) is 11.7. The van der Waals surface area contributed by atoms with Gasteiger partial charge < -0.3 is 10.5 Å². The predicted octanol–water partition coefficient (Wildman–Crippen LogP) is 3.56. The van der Waals surface area contributed by atoms with E-state index in [-0.39, 0.29) is 17.3 Å². The Kier molecular flexibility index (Phi) is 4.87. The average molecular weight is 337 g/mol. The van der Waals surface area contributed by atoms with E-state index in [2.05, 4.69) is 14.7 Å². The molecule has 0 aliphatic heterocycles. The Bertz CT molecular complexity index is 784. The van der Waals surface area contributed by atoms with E-state index in [1.807, 2.05) is 0 Å². The minimum atomic E-state index is -4.44. The molecule has 2 aromatic rings. The number of halogens is 3. The Hall–Kier alpha value is -2.90. The summed E-state index contributed by atoms with van der Waals surface area (Å²) in [6.45, 7) is 1.73. The van der Waals surface area contributed by atoms with Crippen LogP contribution in [0.3, 0.4) is 0 Å². The highest BCUT2D eigenvalue weighted by Crippen LogP contribution is 2.31. The number of alkyl halides is 3. The molecule has 0 aliphatic carbocycles. The molecule has 2 rings (SSSR count). The van der Waals surface area contributed by atoms with Crippen molar-refractivity contribution < 1.29 is 22.7 Å². The van der Waals surface area contributed by atoms with Gasteiger partial charge >= 0.3 is 12.1 Å². The van der Waals surface area contributed by atoms with E-state index in [1.165, 1.54) is 19.2 Å². The molecule has 126 valence electrons. The van der Waals surface area contributed by atoms with Crippen LogP contribution in [0, 0.1) is 0 Å². The Morgan fingerprint density at radius 3 is 2.33 bits per heavy atom. The van der Waals surface area contributed by atoms with E-state index in [9.17, 15) is 18.0 Å². The number of rotatable bonds is 3. The second kappa shape index (κ2) is 6.69. The van der Waals surface area contributed by atoms with Crippen molar-refractivity contribution in [2.75, 3.05) is 12.8 Å². The topological polar surface area (TPSA) is 78.1 Å². The summed E-state index contributed by atoms with van der Waals surface area (Å²) in [6, 6.07) is 4.25. The van der Waals surface area contributed by atoms with Crippen LogP contribution in [0.1, 0.15) is 28.5 Å². The smallest absolute Gasteiger partial charge is 0.416 e. The second-order valence-corrected chi connectivity index (χ2v) is 4.76. The predicted molar refractivity (Wildman–Crippen MR) is 82.9 cm³/mol. The zero-order valence-corrected chi connectivity index (χ0v) is 12.9. The van der Waals surface area contributed by atoms with Gasteiger partial charge in [-0.3, -0.25) is 0 Å². The lowest BCUT2D eigenvalue weighted by atomic mass is 10.1. The Morgan fingerprint density at radius 1 is 1.21 bits per heavy atom. The van der Waals surface area contributed by atoms with Crippen LogP contribution in [0.25, 0.3) is 17.5 Å². The third-order valence-electron chi connectivity index (χ3n) is 3.16. The van der Waals surface area contributed by atoms with Crippen molar-refractivity contribution in [3.05, 3.63) is 47.2 Å². The molecule has 2 N–H and O–H groups in total. The zero-order chi connectivity index (χ0) is 17.9. The Morgan fingerprint density at radius 2 is 1.83 bits per heavy atom. The summed E-state index contributed by atoms with van der Waals surface area (Å²) < 4.78 is 42.5. The van der Waals surface area contributed by atoms with Gasteiger partial charge in [-0.15, -0.1) is 0 Å². The number of benzene rings is 1. The molecule has 24 heavy (non-hydrogen) atoms. The molecule has 1 aromatic heterocycles. The van der Waals surface area contributed by atoms with Gasteiger partial charge in [0.05, 0.1) is 12.7 Å². The van der Waals surface area contributed by atoms with E-state index < -0.39 is 17.7 Å². The van der Waals surface area contributed by atoms with E-state index in [1.54, 1.807) is 19.1 Å². The van der Waals surface area contributed by atoms with Crippen molar-refractivity contribution >= 4 is 17.9 Å². The van der Waals surface area contributed by atoms with Crippen LogP contribution >= 0.6 is 0 Å². The first-order chi connectivity index (χ1) is 11.3. The molecule has 0 spiro atoms. The number of ether oxygens (including phenoxy) is 1. The summed E-state index contributed by atoms with van der Waals surface area (Å²) in [4.78, 5) is 20.0. The first-order valence-electron chi connectivity index (χ1n) is 6.84. The van der Waals surface area contributed by atoms with Crippen LogP contribution in [0.5, 0.6) is 0 Å². The number of nitrogens with zero attached hydrogens (tertiary/aromatic N) is 2. The van der Waals surface area contributed by atoms with Crippen LogP contribution in [0.2, 0.25) is 0 Å². The largest absolute Gasteiger partial charge is 0.464 e. The zero-order valence-electron chi connectivity index (χ0n) is 12.9. The number of carbonyl (C=O) groups is 1. The van der Waals surface area contributed by atoms with Gasteiger partial charge in [0.25, 0.3) is 0 Å². The molecule has 0 fully saturated rings. The molecule has 1 heterocycles. The van der Waals surface area contributed by atoms with Crippen molar-refractivity contribution in [2.24, 2.45) is 0 Å². The lowest BCUT2D eigenvalue weighted by molar-refractivity contribution is -0.137. The van der Waals surface area contributed by atoms with Gasteiger partial charge in [-0.25, -0.2) is 14.8 Å². The Balaban J connectivity index is 2.55. The number of methoxy groups -OCH3 is 1. The number of nitrogen functional groups attached to an aromatic ring is 1. The number of aromatic nitrogens is 2. The minimum absolute atomic E-state index is 0.0263. The molecule has 0 unspecified atom stereocenters. The molecule has 5 nitrogen and oxygen atoms in total. The third kappa shape index (κ3) is 3.53. The van der Waals surface area contributed by atoms with E-state index >= 15 is 0 Å². The molecular weight excluding hydrogens is 323 g/mol. The molecule has 1 aromatic carbocycles. The average Bonchev–Trinajstić information content (AvgIpc) is 2.55. The van der Waals surface area contributed by atoms with Crippen molar-refractivity contribution in [2.45, 2.75) is 13.1 Å². The van der Waals surface area contributed by atoms with Crippen LogP contribution in [0.4, 0.5) is 19.0 Å². The fraction of sp³-hybridized carbons (Fsp3) is 0.188. The lowest BCUT2D eigenvalue weighted by Crippen LogP contribution is -2.12. The van der Waals surface area contributed by atoms with E-state index in [0.29, 0.717) is 11.1 Å². The number of anilines is 1. The maximum Gasteiger partial charge on any atom is 0.416 e. The monoisotopic (exact) mass is 337 g/mol. The summed E-state index contributed by atoms with van der Waals surface area (Å²) in [5.74, 6) is -0.654. The van der Waals surface area contributed by atoms with Crippen LogP contribution in [-0.4, -0.2) is 23.0 Å². The second-order valence-electron chi connectivity index (χ2n) is 4.76. The molecule has 0 aliphatic rings. The standard InChI is InChI=1S/C16H14F3N3O2/c1-3-4-11-12(15(23)24-2)21-14(22-13(11)20)9-5-7-10(8-6-9)16(17,18)19/h3-8H,1-2H3,(H2,20,21,22). The SMILES string of the molecule is CC=Cc1c(N)nc(-c2ccc(C(F)(F)F)cc2)nc1C(=O)OC. The minimum Gasteiger partial charge on any atom is -0.464 e. The number of esters is 1. The van der Waals surface area contributed by atoms with Gasteiger partial charge in [-0.1, -0.05) is 24.3 Å². The van der Waals surface area contributed by atoms with Crippen LogP contribution < -0.4 is 5.73 Å².